The Balaban J connectivity index is 1.47. The summed E-state index contributed by atoms with van der Waals surface area (Å²) >= 11 is 0. The van der Waals surface area contributed by atoms with Crippen LogP contribution < -0.4 is 4.74 Å². The normalized spacial score (nSPS) is 16.2. The van der Waals surface area contributed by atoms with E-state index in [1.165, 1.54) is 19.1 Å². The highest BCUT2D eigenvalue weighted by molar-refractivity contribution is 5.94. The summed E-state index contributed by atoms with van der Waals surface area (Å²) < 4.78 is 19.2. The molecular weight excluding hydrogens is 397 g/mol. The van der Waals surface area contributed by atoms with Crippen LogP contribution in [0.3, 0.4) is 0 Å². The number of nitrogens with one attached hydrogen (secondary N) is 1. The van der Waals surface area contributed by atoms with Gasteiger partial charge in [-0.05, 0) is 50.5 Å². The van der Waals surface area contributed by atoms with Gasteiger partial charge in [-0.25, -0.2) is 9.37 Å². The van der Waals surface area contributed by atoms with Gasteiger partial charge in [0.05, 0.1) is 17.9 Å². The van der Waals surface area contributed by atoms with Crippen LogP contribution in [0.2, 0.25) is 0 Å². The number of Topliss-reactive ketones (excluding diaryl/α,β-unsaturated/α-hetero) is 1. The highest BCUT2D eigenvalue weighted by Crippen LogP contribution is 2.31. The fraction of sp³-hybridized carbons (Fsp3) is 0.292. The lowest BCUT2D eigenvalue weighted by Crippen LogP contribution is -2.41. The second-order valence-electron chi connectivity index (χ2n) is 7.66. The van der Waals surface area contributed by atoms with Crippen molar-refractivity contribution in [3.05, 3.63) is 71.9 Å². The third-order valence-electron chi connectivity index (χ3n) is 5.47. The van der Waals surface area contributed by atoms with Gasteiger partial charge in [-0.1, -0.05) is 24.3 Å². The second kappa shape index (κ2) is 9.12. The Kier molecular flexibility index (Phi) is 6.11. The Labute approximate surface area is 180 Å². The zero-order chi connectivity index (χ0) is 21.8. The Morgan fingerprint density at radius 3 is 2.84 bits per heavy atom. The van der Waals surface area contributed by atoms with Crippen molar-refractivity contribution in [1.82, 2.24) is 14.9 Å². The maximum Gasteiger partial charge on any atom is 0.261 e. The molecule has 1 fully saturated rings. The molecule has 3 aromatic rings. The average Bonchev–Trinajstić information content (AvgIpc) is 3.28. The molecule has 7 heteroatoms. The van der Waals surface area contributed by atoms with Gasteiger partial charge in [-0.15, -0.1) is 0 Å². The summed E-state index contributed by atoms with van der Waals surface area (Å²) in [4.78, 5) is 34.0. The number of aromatic amines is 1. The van der Waals surface area contributed by atoms with Crippen LogP contribution in [-0.4, -0.2) is 39.7 Å². The first kappa shape index (κ1) is 20.8. The van der Waals surface area contributed by atoms with E-state index < -0.39 is 0 Å². The fourth-order valence-corrected chi connectivity index (χ4v) is 3.86. The number of nitrogens with zero attached hydrogens (tertiary/aromatic N) is 2. The third-order valence-corrected chi connectivity index (χ3v) is 5.47. The van der Waals surface area contributed by atoms with Gasteiger partial charge in [0.1, 0.15) is 17.4 Å². The molecule has 1 aliphatic rings. The summed E-state index contributed by atoms with van der Waals surface area (Å²) in [5.74, 6) is 0.669. The van der Waals surface area contributed by atoms with Crippen molar-refractivity contribution in [1.29, 1.82) is 0 Å². The minimum absolute atomic E-state index is 0.0557. The highest BCUT2D eigenvalue weighted by Gasteiger charge is 2.30. The van der Waals surface area contributed by atoms with Crippen LogP contribution in [0.4, 0.5) is 4.39 Å². The number of likely N-dealkylation sites (tertiary alicyclic amines) is 1. The van der Waals surface area contributed by atoms with E-state index in [0.717, 1.165) is 19.3 Å². The second-order valence-corrected chi connectivity index (χ2v) is 7.66. The molecule has 1 atom stereocenters. The summed E-state index contributed by atoms with van der Waals surface area (Å²) in [6.45, 7) is 2.00. The van der Waals surface area contributed by atoms with Gasteiger partial charge in [0.25, 0.3) is 5.91 Å². The van der Waals surface area contributed by atoms with Crippen molar-refractivity contribution in [3.63, 3.8) is 0 Å². The predicted octanol–water partition coefficient (Wildman–Crippen LogP) is 4.55. The molecule has 0 saturated carbocycles. The van der Waals surface area contributed by atoms with Crippen LogP contribution in [0, 0.1) is 5.82 Å². The van der Waals surface area contributed by atoms with Crippen LogP contribution in [0.1, 0.15) is 48.4 Å². The maximum atomic E-state index is 13.6. The number of aromatic nitrogens is 2. The van der Waals surface area contributed by atoms with Gasteiger partial charge < -0.3 is 14.6 Å². The Hall–Kier alpha value is -3.48. The number of hydrogen-bond acceptors (Lipinski definition) is 4. The molecule has 1 aliphatic heterocycles. The van der Waals surface area contributed by atoms with Crippen molar-refractivity contribution in [2.24, 2.45) is 0 Å². The summed E-state index contributed by atoms with van der Waals surface area (Å²) in [7, 11) is 0. The molecule has 160 valence electrons. The van der Waals surface area contributed by atoms with Crippen LogP contribution >= 0.6 is 0 Å². The molecule has 1 N–H and O–H groups in total. The smallest absolute Gasteiger partial charge is 0.261 e. The summed E-state index contributed by atoms with van der Waals surface area (Å²) in [5.41, 5.74) is 1.96. The monoisotopic (exact) mass is 421 g/mol. The van der Waals surface area contributed by atoms with Gasteiger partial charge >= 0.3 is 0 Å². The number of benzene rings is 2. The number of halogens is 1. The zero-order valence-corrected chi connectivity index (χ0v) is 17.3. The molecule has 4 rings (SSSR count). The minimum atomic E-state index is -0.311. The molecule has 0 bridgehead atoms. The largest absolute Gasteiger partial charge is 0.484 e. The first-order chi connectivity index (χ1) is 15.0. The summed E-state index contributed by atoms with van der Waals surface area (Å²) in [5, 5.41) is 0. The molecule has 1 unspecified atom stereocenters. The number of carbonyl (C=O) groups excluding carboxylic acids is 2. The molecule has 2 aromatic carbocycles. The van der Waals surface area contributed by atoms with E-state index in [0.29, 0.717) is 34.9 Å². The van der Waals surface area contributed by atoms with Crippen LogP contribution in [0.25, 0.3) is 11.3 Å². The molecule has 1 amide bonds. The van der Waals surface area contributed by atoms with Crippen molar-refractivity contribution < 1.29 is 18.7 Å². The number of hydrogen-bond donors (Lipinski definition) is 1. The van der Waals surface area contributed by atoms with Crippen LogP contribution in [0.15, 0.2) is 54.7 Å². The summed E-state index contributed by atoms with van der Waals surface area (Å²) in [6, 6.07) is 12.9. The molecule has 1 aromatic heterocycles. The van der Waals surface area contributed by atoms with Crippen molar-refractivity contribution in [2.45, 2.75) is 32.2 Å². The zero-order valence-electron chi connectivity index (χ0n) is 17.3. The number of carbonyl (C=O) groups is 2. The number of H-pyrrole nitrogens is 1. The van der Waals surface area contributed by atoms with Gasteiger partial charge in [-0.3, -0.25) is 9.59 Å². The molecule has 1 saturated heterocycles. The average molecular weight is 421 g/mol. The van der Waals surface area contributed by atoms with Gasteiger partial charge in [0, 0.05) is 17.7 Å². The number of imidazole rings is 1. The first-order valence-corrected chi connectivity index (χ1v) is 10.4. The molecule has 0 spiro atoms. The van der Waals surface area contributed by atoms with Crippen molar-refractivity contribution in [2.75, 3.05) is 13.2 Å². The van der Waals surface area contributed by atoms with E-state index in [2.05, 4.69) is 9.97 Å². The minimum Gasteiger partial charge on any atom is -0.484 e. The highest BCUT2D eigenvalue weighted by atomic mass is 19.1. The van der Waals surface area contributed by atoms with E-state index in [4.69, 9.17) is 4.74 Å². The molecule has 0 radical (unpaired) electrons. The Bertz CT molecular complexity index is 1090. The summed E-state index contributed by atoms with van der Waals surface area (Å²) in [6.07, 6.45) is 4.37. The number of amides is 1. The molecule has 31 heavy (non-hydrogen) atoms. The molecular formula is C24H24FN3O3. The molecule has 0 aliphatic carbocycles. The number of rotatable bonds is 6. The van der Waals surface area contributed by atoms with Gasteiger partial charge in [0.15, 0.2) is 12.4 Å². The number of ketones is 1. The lowest BCUT2D eigenvalue weighted by Gasteiger charge is -2.34. The standard InChI is InChI=1S/C24H24FN3O3/c1-16(29)17-6-5-9-20(13-17)31-15-23(30)28-11-3-2-10-22(28)24-26-14-21(27-24)18-7-4-8-19(25)12-18/h4-9,12-14,22H,2-3,10-11,15H2,1H3,(H,26,27). The van der Waals surface area contributed by atoms with Crippen LogP contribution in [-0.2, 0) is 4.79 Å². The van der Waals surface area contributed by atoms with Gasteiger partial charge in [0.2, 0.25) is 0 Å². The predicted molar refractivity (Wildman–Crippen MR) is 114 cm³/mol. The third kappa shape index (κ3) is 4.82. The lowest BCUT2D eigenvalue weighted by atomic mass is 10.0. The van der Waals surface area contributed by atoms with E-state index >= 15 is 0 Å². The quantitative estimate of drug-likeness (QED) is 0.593. The first-order valence-electron chi connectivity index (χ1n) is 10.4. The maximum absolute atomic E-state index is 13.6. The molecule has 6 nitrogen and oxygen atoms in total. The Morgan fingerprint density at radius 1 is 1.19 bits per heavy atom. The van der Waals surface area contributed by atoms with E-state index in [1.54, 1.807) is 41.4 Å². The van der Waals surface area contributed by atoms with E-state index in [-0.39, 0.29) is 30.2 Å². The van der Waals surface area contributed by atoms with Crippen LogP contribution in [0.5, 0.6) is 5.75 Å². The SMILES string of the molecule is CC(=O)c1cccc(OCC(=O)N2CCCCC2c2ncc(-c3cccc(F)c3)[nH]2)c1. The fourth-order valence-electron chi connectivity index (χ4n) is 3.86. The van der Waals surface area contributed by atoms with Crippen molar-refractivity contribution >= 4 is 11.7 Å². The van der Waals surface area contributed by atoms with E-state index in [9.17, 15) is 14.0 Å². The molecule has 2 heterocycles. The number of piperidine rings is 1. The van der Waals surface area contributed by atoms with Gasteiger partial charge in [-0.2, -0.15) is 0 Å². The topological polar surface area (TPSA) is 75.3 Å². The number of ether oxygens (including phenoxy) is 1. The Morgan fingerprint density at radius 2 is 2.03 bits per heavy atom. The van der Waals surface area contributed by atoms with Crippen molar-refractivity contribution in [3.8, 4) is 17.0 Å². The van der Waals surface area contributed by atoms with E-state index in [1.807, 2.05) is 6.07 Å². The lowest BCUT2D eigenvalue weighted by molar-refractivity contribution is -0.137.